The monoisotopic (exact) mass is 548 g/mol. The molecule has 1 unspecified atom stereocenters. The summed E-state index contributed by atoms with van der Waals surface area (Å²) in [7, 11) is 3.28. The number of nitrogen functional groups attached to an aromatic ring is 1. The summed E-state index contributed by atoms with van der Waals surface area (Å²) in [6, 6.07) is 9.41. The van der Waals surface area contributed by atoms with Crippen molar-refractivity contribution in [2.75, 3.05) is 52.7 Å². The van der Waals surface area contributed by atoms with Crippen molar-refractivity contribution in [3.8, 4) is 11.5 Å². The molecule has 0 aliphatic carbocycles. The van der Waals surface area contributed by atoms with E-state index >= 15 is 0 Å². The van der Waals surface area contributed by atoms with Crippen LogP contribution >= 0.6 is 11.6 Å². The lowest BCUT2D eigenvalue weighted by Crippen LogP contribution is -2.59. The first-order valence-corrected chi connectivity index (χ1v) is 13.6. The Kier molecular flexibility index (Phi) is 10.1. The Morgan fingerprint density at radius 1 is 1.16 bits per heavy atom. The van der Waals surface area contributed by atoms with Crippen LogP contribution in [-0.2, 0) is 4.74 Å². The molecular weight excluding hydrogens is 511 g/mol. The van der Waals surface area contributed by atoms with Crippen LogP contribution in [0.2, 0.25) is 5.02 Å². The van der Waals surface area contributed by atoms with E-state index in [1.54, 1.807) is 31.4 Å². The molecule has 3 N–H and O–H groups in total. The number of carbonyl (C=O) groups excluding carboxylic acids is 1. The van der Waals surface area contributed by atoms with E-state index < -0.39 is 0 Å². The molecule has 0 spiro atoms. The van der Waals surface area contributed by atoms with E-state index in [9.17, 15) is 9.18 Å². The van der Waals surface area contributed by atoms with Crippen molar-refractivity contribution < 1.29 is 23.4 Å². The molecule has 208 valence electrons. The summed E-state index contributed by atoms with van der Waals surface area (Å²) in [6.07, 6.45) is 5.04. The first-order chi connectivity index (χ1) is 18.4. The van der Waals surface area contributed by atoms with E-state index in [-0.39, 0.29) is 23.9 Å². The molecule has 8 nitrogen and oxygen atoms in total. The molecule has 38 heavy (non-hydrogen) atoms. The first-order valence-electron chi connectivity index (χ1n) is 13.2. The lowest BCUT2D eigenvalue weighted by atomic mass is 9.82. The second-order valence-electron chi connectivity index (χ2n) is 9.95. The maximum Gasteiger partial charge on any atom is 0.269 e. The third kappa shape index (κ3) is 7.08. The standard InChI is InChI=1S/C28H38ClFN4O4/c1-36-26-17-24(31)23(29)16-22(26)28(35)32-34-13-4-3-6-25(34)21-11-14-33(18-27(21)37-2)12-5-15-38-20-9-7-19(30)8-10-20/h7-10,16-17,21,25,27H,3-6,11-15,18,31H2,1-2H3,(H,32,35)/t21-,25?,27-/m1/s1. The number of carbonyl (C=O) groups is 1. The number of ether oxygens (including phenoxy) is 3. The highest BCUT2D eigenvalue weighted by atomic mass is 35.5. The molecule has 2 heterocycles. The second kappa shape index (κ2) is 13.5. The number of anilines is 1. The van der Waals surface area contributed by atoms with Crippen LogP contribution in [0.3, 0.4) is 0 Å². The first kappa shape index (κ1) is 28.4. The summed E-state index contributed by atoms with van der Waals surface area (Å²) in [4.78, 5) is 15.7. The molecule has 0 saturated carbocycles. The van der Waals surface area contributed by atoms with Crippen LogP contribution in [0.25, 0.3) is 0 Å². The van der Waals surface area contributed by atoms with Gasteiger partial charge in [-0.25, -0.2) is 9.40 Å². The van der Waals surface area contributed by atoms with Crippen LogP contribution < -0.4 is 20.6 Å². The van der Waals surface area contributed by atoms with Gasteiger partial charge in [-0.05, 0) is 62.6 Å². The number of amides is 1. The minimum absolute atomic E-state index is 0.0600. The Labute approximate surface area is 229 Å². The van der Waals surface area contributed by atoms with E-state index in [1.807, 2.05) is 0 Å². The lowest BCUT2D eigenvalue weighted by molar-refractivity contribution is -0.0628. The number of likely N-dealkylation sites (tertiary alicyclic amines) is 1. The number of halogens is 2. The molecule has 0 bridgehead atoms. The van der Waals surface area contributed by atoms with Crippen molar-refractivity contribution in [1.29, 1.82) is 0 Å². The predicted octanol–water partition coefficient (Wildman–Crippen LogP) is 4.38. The minimum atomic E-state index is -0.267. The van der Waals surface area contributed by atoms with Crippen LogP contribution in [0.15, 0.2) is 36.4 Å². The van der Waals surface area contributed by atoms with Gasteiger partial charge in [0.2, 0.25) is 0 Å². The van der Waals surface area contributed by atoms with Gasteiger partial charge in [-0.15, -0.1) is 0 Å². The molecular formula is C28H38ClFN4O4. The van der Waals surface area contributed by atoms with Crippen LogP contribution in [-0.4, -0.2) is 75.0 Å². The van der Waals surface area contributed by atoms with Crippen molar-refractivity contribution in [3.05, 3.63) is 52.8 Å². The fourth-order valence-electron chi connectivity index (χ4n) is 5.55. The van der Waals surface area contributed by atoms with E-state index in [4.69, 9.17) is 31.5 Å². The summed E-state index contributed by atoms with van der Waals surface area (Å²) in [6.45, 7) is 4.04. The van der Waals surface area contributed by atoms with Crippen molar-refractivity contribution in [2.45, 2.75) is 44.2 Å². The Bertz CT molecular complexity index is 1070. The largest absolute Gasteiger partial charge is 0.496 e. The van der Waals surface area contributed by atoms with Gasteiger partial charge in [0.1, 0.15) is 17.3 Å². The SMILES string of the molecule is COc1cc(N)c(Cl)cc1C(=O)NN1CCCCC1[C@H]1CCN(CCCOc2ccc(F)cc2)C[C@H]1OC. The number of nitrogens with one attached hydrogen (secondary N) is 1. The highest BCUT2D eigenvalue weighted by Gasteiger charge is 2.39. The number of nitrogens with two attached hydrogens (primary N) is 1. The van der Waals surface area contributed by atoms with Gasteiger partial charge in [-0.1, -0.05) is 18.0 Å². The fraction of sp³-hybridized carbons (Fsp3) is 0.536. The number of piperidine rings is 2. The average molecular weight is 549 g/mol. The molecule has 4 rings (SSSR count). The minimum Gasteiger partial charge on any atom is -0.496 e. The van der Waals surface area contributed by atoms with Crippen LogP contribution in [0, 0.1) is 11.7 Å². The maximum atomic E-state index is 13.3. The van der Waals surface area contributed by atoms with E-state index in [2.05, 4.69) is 15.3 Å². The number of rotatable bonds is 10. The van der Waals surface area contributed by atoms with Gasteiger partial charge in [0.15, 0.2) is 0 Å². The topological polar surface area (TPSA) is 89.3 Å². The predicted molar refractivity (Wildman–Crippen MR) is 146 cm³/mol. The van der Waals surface area contributed by atoms with Crippen LogP contribution in [0.1, 0.15) is 42.5 Å². The summed E-state index contributed by atoms with van der Waals surface area (Å²) in [5.41, 5.74) is 9.74. The van der Waals surface area contributed by atoms with Gasteiger partial charge in [0.25, 0.3) is 5.91 Å². The van der Waals surface area contributed by atoms with Gasteiger partial charge in [-0.3, -0.25) is 10.2 Å². The van der Waals surface area contributed by atoms with Gasteiger partial charge in [-0.2, -0.15) is 0 Å². The van der Waals surface area contributed by atoms with E-state index in [1.165, 1.54) is 19.2 Å². The molecule has 2 aliphatic heterocycles. The van der Waals surface area contributed by atoms with E-state index in [0.29, 0.717) is 40.3 Å². The highest BCUT2D eigenvalue weighted by molar-refractivity contribution is 6.33. The van der Waals surface area contributed by atoms with Crippen LogP contribution in [0.5, 0.6) is 11.5 Å². The number of methoxy groups -OCH3 is 2. The number of benzene rings is 2. The molecule has 2 fully saturated rings. The van der Waals surface area contributed by atoms with Crippen molar-refractivity contribution in [1.82, 2.24) is 15.3 Å². The van der Waals surface area contributed by atoms with Gasteiger partial charge >= 0.3 is 0 Å². The van der Waals surface area contributed by atoms with Crippen molar-refractivity contribution in [2.24, 2.45) is 5.92 Å². The number of hydrazine groups is 1. The quantitative estimate of drug-likeness (QED) is 0.336. The molecule has 1 amide bonds. The zero-order chi connectivity index (χ0) is 27.1. The second-order valence-corrected chi connectivity index (χ2v) is 10.4. The smallest absolute Gasteiger partial charge is 0.269 e. The van der Waals surface area contributed by atoms with Gasteiger partial charge < -0.3 is 24.8 Å². The summed E-state index contributed by atoms with van der Waals surface area (Å²) < 4.78 is 30.2. The summed E-state index contributed by atoms with van der Waals surface area (Å²) in [5.74, 6) is 0.839. The Hall–Kier alpha value is -2.59. The van der Waals surface area contributed by atoms with Crippen molar-refractivity contribution >= 4 is 23.2 Å². The number of nitrogens with zero attached hydrogens (tertiary/aromatic N) is 2. The molecule has 10 heteroatoms. The Morgan fingerprint density at radius 2 is 1.95 bits per heavy atom. The molecule has 2 saturated heterocycles. The lowest BCUT2D eigenvalue weighted by Gasteiger charge is -2.46. The average Bonchev–Trinajstić information content (AvgIpc) is 2.93. The van der Waals surface area contributed by atoms with Crippen LogP contribution in [0.4, 0.5) is 10.1 Å². The van der Waals surface area contributed by atoms with Crippen molar-refractivity contribution in [3.63, 3.8) is 0 Å². The fourth-order valence-corrected chi connectivity index (χ4v) is 5.71. The summed E-state index contributed by atoms with van der Waals surface area (Å²) in [5, 5.41) is 2.40. The zero-order valence-corrected chi connectivity index (χ0v) is 22.9. The maximum absolute atomic E-state index is 13.3. The number of hydrogen-bond donors (Lipinski definition) is 2. The molecule has 2 aromatic carbocycles. The van der Waals surface area contributed by atoms with Gasteiger partial charge in [0, 0.05) is 44.8 Å². The third-order valence-electron chi connectivity index (χ3n) is 7.55. The van der Waals surface area contributed by atoms with E-state index in [0.717, 1.165) is 58.3 Å². The zero-order valence-electron chi connectivity index (χ0n) is 22.1. The Balaban J connectivity index is 1.33. The molecule has 3 atom stereocenters. The van der Waals surface area contributed by atoms with Gasteiger partial charge in [0.05, 0.1) is 36.1 Å². The highest BCUT2D eigenvalue weighted by Crippen LogP contribution is 2.33. The normalized spacial score (nSPS) is 22.7. The third-order valence-corrected chi connectivity index (χ3v) is 7.88. The molecule has 0 aromatic heterocycles. The molecule has 2 aromatic rings. The number of hydrogen-bond acceptors (Lipinski definition) is 7. The molecule has 0 radical (unpaired) electrons. The Morgan fingerprint density at radius 3 is 2.68 bits per heavy atom. The summed E-state index contributed by atoms with van der Waals surface area (Å²) >= 11 is 6.20. The molecule has 2 aliphatic rings.